The van der Waals surface area contributed by atoms with Crippen LogP contribution >= 0.6 is 0 Å². The second-order valence-corrected chi connectivity index (χ2v) is 4.48. The van der Waals surface area contributed by atoms with Crippen LogP contribution in [0.15, 0.2) is 0 Å². The van der Waals surface area contributed by atoms with E-state index >= 15 is 0 Å². The summed E-state index contributed by atoms with van der Waals surface area (Å²) >= 11 is 0. The van der Waals surface area contributed by atoms with E-state index in [1.54, 1.807) is 0 Å². The topological polar surface area (TPSA) is 44.4 Å². The van der Waals surface area contributed by atoms with Crippen LogP contribution < -0.4 is 10.6 Å². The van der Waals surface area contributed by atoms with E-state index in [0.29, 0.717) is 0 Å². The van der Waals surface area contributed by atoms with E-state index in [9.17, 15) is 4.79 Å². The average molecular weight is 229 g/mol. The Balaban J connectivity index is 3.49. The highest BCUT2D eigenvalue weighted by atomic mass is 16.2. The first kappa shape index (κ1) is 15.4. The first-order chi connectivity index (χ1) is 7.57. The Labute approximate surface area is 99.8 Å². The Morgan fingerprint density at radius 2 is 1.94 bits per heavy atom. The summed E-state index contributed by atoms with van der Waals surface area (Å²) in [6.07, 6.45) is 3.45. The molecule has 1 unspecified atom stereocenters. The van der Waals surface area contributed by atoms with E-state index in [4.69, 9.17) is 0 Å². The minimum absolute atomic E-state index is 0.0958. The van der Waals surface area contributed by atoms with Gasteiger partial charge in [0.1, 0.15) is 0 Å². The van der Waals surface area contributed by atoms with E-state index in [-0.39, 0.29) is 11.9 Å². The molecule has 0 rings (SSSR count). The molecule has 0 aromatic rings. The monoisotopic (exact) mass is 229 g/mol. The van der Waals surface area contributed by atoms with Crippen molar-refractivity contribution in [1.29, 1.82) is 0 Å². The molecule has 4 nitrogen and oxygen atoms in total. The van der Waals surface area contributed by atoms with E-state index in [2.05, 4.69) is 22.5 Å². The van der Waals surface area contributed by atoms with Gasteiger partial charge in [-0.1, -0.05) is 19.8 Å². The van der Waals surface area contributed by atoms with Crippen LogP contribution in [0.4, 0.5) is 0 Å². The van der Waals surface area contributed by atoms with Crippen LogP contribution in [0.2, 0.25) is 0 Å². The predicted molar refractivity (Wildman–Crippen MR) is 68.6 cm³/mol. The lowest BCUT2D eigenvalue weighted by molar-refractivity contribution is -0.122. The number of hydrogen-bond donors (Lipinski definition) is 2. The van der Waals surface area contributed by atoms with Gasteiger partial charge in [-0.15, -0.1) is 0 Å². The highest BCUT2D eigenvalue weighted by molar-refractivity contribution is 5.81. The quantitative estimate of drug-likeness (QED) is 0.576. The van der Waals surface area contributed by atoms with Gasteiger partial charge in [0.2, 0.25) is 5.91 Å². The summed E-state index contributed by atoms with van der Waals surface area (Å²) in [5, 5.41) is 6.14. The van der Waals surface area contributed by atoms with E-state index < -0.39 is 0 Å². The Kier molecular flexibility index (Phi) is 9.24. The first-order valence-electron chi connectivity index (χ1n) is 6.23. The highest BCUT2D eigenvalue weighted by Gasteiger charge is 2.10. The average Bonchev–Trinajstić information content (AvgIpc) is 2.23. The molecule has 1 atom stereocenters. The molecular formula is C12H27N3O. The van der Waals surface area contributed by atoms with Gasteiger partial charge in [0.15, 0.2) is 0 Å². The number of likely N-dealkylation sites (N-methyl/N-ethyl adjacent to an activating group) is 1. The predicted octanol–water partition coefficient (Wildman–Crippen LogP) is 0.833. The number of amides is 1. The molecule has 0 aromatic heterocycles. The van der Waals surface area contributed by atoms with Crippen molar-refractivity contribution in [3.8, 4) is 0 Å². The van der Waals surface area contributed by atoms with Crippen molar-refractivity contribution in [1.82, 2.24) is 15.5 Å². The minimum atomic E-state index is -0.0958. The lowest BCUT2D eigenvalue weighted by Gasteiger charge is -2.16. The largest absolute Gasteiger partial charge is 0.355 e. The van der Waals surface area contributed by atoms with Crippen LogP contribution in [0, 0.1) is 0 Å². The standard InChI is InChI=1S/C12H27N3O/c1-5-6-7-8-14-12(16)11(2)13-9-10-15(3)4/h11,13H,5-10H2,1-4H3,(H,14,16). The molecule has 0 radical (unpaired) electrons. The van der Waals surface area contributed by atoms with Crippen molar-refractivity contribution >= 4 is 5.91 Å². The molecule has 0 aliphatic carbocycles. The number of rotatable bonds is 9. The molecule has 0 spiro atoms. The third-order valence-electron chi connectivity index (χ3n) is 2.48. The normalized spacial score (nSPS) is 12.8. The van der Waals surface area contributed by atoms with Crippen LogP contribution in [0.1, 0.15) is 33.1 Å². The molecule has 96 valence electrons. The molecule has 1 amide bonds. The van der Waals surface area contributed by atoms with Gasteiger partial charge in [0, 0.05) is 19.6 Å². The SMILES string of the molecule is CCCCCNC(=O)C(C)NCCN(C)C. The summed E-state index contributed by atoms with van der Waals surface area (Å²) in [6.45, 7) is 6.66. The lowest BCUT2D eigenvalue weighted by Crippen LogP contribution is -2.44. The Morgan fingerprint density at radius 3 is 2.50 bits per heavy atom. The van der Waals surface area contributed by atoms with Crippen LogP contribution in [0.25, 0.3) is 0 Å². The van der Waals surface area contributed by atoms with Gasteiger partial charge in [0.25, 0.3) is 0 Å². The van der Waals surface area contributed by atoms with Gasteiger partial charge >= 0.3 is 0 Å². The fourth-order valence-corrected chi connectivity index (χ4v) is 1.34. The van der Waals surface area contributed by atoms with Gasteiger partial charge in [-0.25, -0.2) is 0 Å². The highest BCUT2D eigenvalue weighted by Crippen LogP contribution is 1.91. The molecule has 0 fully saturated rings. The maximum absolute atomic E-state index is 11.6. The molecule has 4 heteroatoms. The third-order valence-corrected chi connectivity index (χ3v) is 2.48. The molecule has 0 bridgehead atoms. The fourth-order valence-electron chi connectivity index (χ4n) is 1.34. The van der Waals surface area contributed by atoms with Crippen molar-refractivity contribution in [3.63, 3.8) is 0 Å². The summed E-state index contributed by atoms with van der Waals surface area (Å²) in [7, 11) is 4.05. The maximum atomic E-state index is 11.6. The van der Waals surface area contributed by atoms with Crippen molar-refractivity contribution in [2.24, 2.45) is 0 Å². The number of carbonyl (C=O) groups is 1. The lowest BCUT2D eigenvalue weighted by atomic mass is 10.2. The molecule has 2 N–H and O–H groups in total. The molecule has 0 heterocycles. The number of unbranched alkanes of at least 4 members (excludes halogenated alkanes) is 2. The summed E-state index contributed by atoms with van der Waals surface area (Å²) in [5.41, 5.74) is 0. The Morgan fingerprint density at radius 1 is 1.25 bits per heavy atom. The fraction of sp³-hybridized carbons (Fsp3) is 0.917. The zero-order valence-corrected chi connectivity index (χ0v) is 11.2. The van der Waals surface area contributed by atoms with Gasteiger partial charge in [0.05, 0.1) is 6.04 Å². The second kappa shape index (κ2) is 9.60. The number of nitrogens with one attached hydrogen (secondary N) is 2. The van der Waals surface area contributed by atoms with E-state index in [1.165, 1.54) is 12.8 Å². The smallest absolute Gasteiger partial charge is 0.236 e. The van der Waals surface area contributed by atoms with Crippen molar-refractivity contribution in [2.45, 2.75) is 39.2 Å². The number of carbonyl (C=O) groups excluding carboxylic acids is 1. The zero-order chi connectivity index (χ0) is 12.4. The van der Waals surface area contributed by atoms with Crippen molar-refractivity contribution in [3.05, 3.63) is 0 Å². The molecule has 0 aromatic carbocycles. The van der Waals surface area contributed by atoms with Crippen molar-refractivity contribution < 1.29 is 4.79 Å². The van der Waals surface area contributed by atoms with Gasteiger partial charge < -0.3 is 15.5 Å². The Bertz CT molecular complexity index is 183. The molecule has 0 saturated heterocycles. The van der Waals surface area contributed by atoms with Crippen LogP contribution in [-0.4, -0.2) is 50.6 Å². The molecule has 0 saturated carbocycles. The summed E-state index contributed by atoms with van der Waals surface area (Å²) in [5.74, 6) is 0.106. The third kappa shape index (κ3) is 8.68. The summed E-state index contributed by atoms with van der Waals surface area (Å²) < 4.78 is 0. The molecule has 16 heavy (non-hydrogen) atoms. The number of nitrogens with zero attached hydrogens (tertiary/aromatic N) is 1. The van der Waals surface area contributed by atoms with Crippen LogP contribution in [0.3, 0.4) is 0 Å². The molecule has 0 aliphatic heterocycles. The van der Waals surface area contributed by atoms with Crippen molar-refractivity contribution in [2.75, 3.05) is 33.7 Å². The van der Waals surface area contributed by atoms with Gasteiger partial charge in [-0.3, -0.25) is 4.79 Å². The summed E-state index contributed by atoms with van der Waals surface area (Å²) in [4.78, 5) is 13.7. The maximum Gasteiger partial charge on any atom is 0.236 e. The summed E-state index contributed by atoms with van der Waals surface area (Å²) in [6, 6.07) is -0.0958. The Hall–Kier alpha value is -0.610. The van der Waals surface area contributed by atoms with E-state index in [1.807, 2.05) is 21.0 Å². The zero-order valence-electron chi connectivity index (χ0n) is 11.2. The molecular weight excluding hydrogens is 202 g/mol. The van der Waals surface area contributed by atoms with Gasteiger partial charge in [-0.2, -0.15) is 0 Å². The van der Waals surface area contributed by atoms with Crippen LogP contribution in [0.5, 0.6) is 0 Å². The van der Waals surface area contributed by atoms with Gasteiger partial charge in [-0.05, 0) is 27.4 Å². The number of hydrogen-bond acceptors (Lipinski definition) is 3. The minimum Gasteiger partial charge on any atom is -0.355 e. The molecule has 0 aliphatic rings. The second-order valence-electron chi connectivity index (χ2n) is 4.48. The van der Waals surface area contributed by atoms with Crippen LogP contribution in [-0.2, 0) is 4.79 Å². The van der Waals surface area contributed by atoms with E-state index in [0.717, 1.165) is 26.1 Å². The first-order valence-corrected chi connectivity index (χ1v) is 6.23.